The minimum atomic E-state index is -0.190. The van der Waals surface area contributed by atoms with E-state index in [1.54, 1.807) is 36.5 Å². The zero-order valence-corrected chi connectivity index (χ0v) is 15.6. The molecule has 0 N–H and O–H groups in total. The van der Waals surface area contributed by atoms with Gasteiger partial charge in [0.2, 0.25) is 0 Å². The van der Waals surface area contributed by atoms with Crippen LogP contribution < -0.4 is 4.74 Å². The summed E-state index contributed by atoms with van der Waals surface area (Å²) in [5, 5.41) is 3.91. The van der Waals surface area contributed by atoms with E-state index in [-0.39, 0.29) is 11.6 Å². The summed E-state index contributed by atoms with van der Waals surface area (Å²) in [5.41, 5.74) is 1.03. The Bertz CT molecular complexity index is 859. The van der Waals surface area contributed by atoms with Crippen LogP contribution >= 0.6 is 27.3 Å². The van der Waals surface area contributed by atoms with Gasteiger partial charge >= 0.3 is 0 Å². The summed E-state index contributed by atoms with van der Waals surface area (Å²) in [6.07, 6.45) is 0. The molecule has 124 valence electrons. The maximum atomic E-state index is 12.5. The monoisotopic (exact) mass is 406 g/mol. The molecule has 0 atom stereocenters. The third-order valence-electron chi connectivity index (χ3n) is 3.47. The summed E-state index contributed by atoms with van der Waals surface area (Å²) in [4.78, 5) is 15.2. The molecule has 0 radical (unpaired) electrons. The summed E-state index contributed by atoms with van der Waals surface area (Å²) >= 11 is 5.02. The first-order valence-electron chi connectivity index (χ1n) is 7.18. The van der Waals surface area contributed by atoms with Crippen LogP contribution in [0, 0.1) is 0 Å². The number of rotatable bonds is 5. The second-order valence-corrected chi connectivity index (χ2v) is 7.69. The summed E-state index contributed by atoms with van der Waals surface area (Å²) in [6.45, 7) is 0.520. The van der Waals surface area contributed by atoms with Crippen molar-refractivity contribution in [1.82, 2.24) is 10.1 Å². The molecule has 0 saturated heterocycles. The van der Waals surface area contributed by atoms with Crippen LogP contribution in [0.1, 0.15) is 15.4 Å². The number of methoxy groups -OCH3 is 1. The van der Waals surface area contributed by atoms with Gasteiger partial charge in [0.05, 0.1) is 23.0 Å². The SMILES string of the molecule is COc1ccccc1-c1cc(C(=O)N(C)Cc2ccc(Br)s2)no1. The first-order valence-corrected chi connectivity index (χ1v) is 8.79. The number of ether oxygens (including phenoxy) is 1. The van der Waals surface area contributed by atoms with Crippen LogP contribution in [0.5, 0.6) is 5.75 Å². The fourth-order valence-corrected chi connectivity index (χ4v) is 3.83. The fraction of sp³-hybridized carbons (Fsp3) is 0.176. The molecule has 0 spiro atoms. The second-order valence-electron chi connectivity index (χ2n) is 5.14. The molecule has 24 heavy (non-hydrogen) atoms. The maximum absolute atomic E-state index is 12.5. The summed E-state index contributed by atoms with van der Waals surface area (Å²) < 4.78 is 11.7. The van der Waals surface area contributed by atoms with Gasteiger partial charge in [-0.15, -0.1) is 11.3 Å². The van der Waals surface area contributed by atoms with Gasteiger partial charge in [-0.25, -0.2) is 0 Å². The molecule has 0 fully saturated rings. The number of para-hydroxylation sites is 1. The van der Waals surface area contributed by atoms with E-state index in [0.29, 0.717) is 18.1 Å². The smallest absolute Gasteiger partial charge is 0.276 e. The fourth-order valence-electron chi connectivity index (χ4n) is 2.29. The molecule has 1 aromatic carbocycles. The van der Waals surface area contributed by atoms with Crippen molar-refractivity contribution in [3.63, 3.8) is 0 Å². The van der Waals surface area contributed by atoms with Crippen LogP contribution in [-0.4, -0.2) is 30.1 Å². The second kappa shape index (κ2) is 7.19. The van der Waals surface area contributed by atoms with Gasteiger partial charge in [-0.2, -0.15) is 0 Å². The first-order chi connectivity index (χ1) is 11.6. The molecule has 3 rings (SSSR count). The predicted octanol–water partition coefficient (Wildman–Crippen LogP) is 4.45. The van der Waals surface area contributed by atoms with Crippen molar-refractivity contribution < 1.29 is 14.1 Å². The lowest BCUT2D eigenvalue weighted by Crippen LogP contribution is -2.26. The standard InChI is InChI=1S/C17H15BrN2O3S/c1-20(10-11-7-8-16(18)24-11)17(21)13-9-15(23-19-13)12-5-3-4-6-14(12)22-2/h3-9H,10H2,1-2H3. The molecule has 5 nitrogen and oxygen atoms in total. The average Bonchev–Trinajstić information content (AvgIpc) is 3.23. The molecule has 0 aliphatic heterocycles. The van der Waals surface area contributed by atoms with E-state index < -0.39 is 0 Å². The Labute approximate surface area is 152 Å². The van der Waals surface area contributed by atoms with E-state index in [2.05, 4.69) is 21.1 Å². The van der Waals surface area contributed by atoms with E-state index in [0.717, 1.165) is 14.2 Å². The maximum Gasteiger partial charge on any atom is 0.276 e. The lowest BCUT2D eigenvalue weighted by atomic mass is 10.1. The average molecular weight is 407 g/mol. The van der Waals surface area contributed by atoms with E-state index in [1.165, 1.54) is 0 Å². The topological polar surface area (TPSA) is 55.6 Å². The molecule has 0 bridgehead atoms. The first kappa shape index (κ1) is 16.7. The van der Waals surface area contributed by atoms with Gasteiger partial charge in [-0.1, -0.05) is 17.3 Å². The summed E-state index contributed by atoms with van der Waals surface area (Å²) in [5.74, 6) is 0.983. The summed E-state index contributed by atoms with van der Waals surface area (Å²) in [6, 6.07) is 13.0. The number of halogens is 1. The largest absolute Gasteiger partial charge is 0.496 e. The van der Waals surface area contributed by atoms with Crippen LogP contribution in [0.3, 0.4) is 0 Å². The minimum Gasteiger partial charge on any atom is -0.496 e. The molecule has 1 amide bonds. The molecule has 2 aromatic heterocycles. The Morgan fingerprint density at radius 2 is 2.12 bits per heavy atom. The van der Waals surface area contributed by atoms with Crippen molar-refractivity contribution in [2.75, 3.05) is 14.2 Å². The number of carbonyl (C=O) groups is 1. The zero-order chi connectivity index (χ0) is 17.1. The molecule has 3 aromatic rings. The van der Waals surface area contributed by atoms with Crippen LogP contribution in [-0.2, 0) is 6.54 Å². The number of benzene rings is 1. The molecule has 2 heterocycles. The quantitative estimate of drug-likeness (QED) is 0.627. The van der Waals surface area contributed by atoms with Gasteiger partial charge in [-0.3, -0.25) is 4.79 Å². The Kier molecular flexibility index (Phi) is 5.01. The third-order valence-corrected chi connectivity index (χ3v) is 5.08. The molecule has 7 heteroatoms. The van der Waals surface area contributed by atoms with Gasteiger partial charge in [0, 0.05) is 18.0 Å². The highest BCUT2D eigenvalue weighted by Gasteiger charge is 2.19. The number of carbonyl (C=O) groups excluding carboxylic acids is 1. The number of hydrogen-bond acceptors (Lipinski definition) is 5. The normalized spacial score (nSPS) is 10.6. The number of nitrogens with zero attached hydrogens (tertiary/aromatic N) is 2. The van der Waals surface area contributed by atoms with Crippen molar-refractivity contribution in [2.24, 2.45) is 0 Å². The van der Waals surface area contributed by atoms with Crippen LogP contribution in [0.4, 0.5) is 0 Å². The van der Waals surface area contributed by atoms with Gasteiger partial charge in [0.25, 0.3) is 5.91 Å². The number of thiophene rings is 1. The van der Waals surface area contributed by atoms with Gasteiger partial charge in [0.15, 0.2) is 11.5 Å². The summed E-state index contributed by atoms with van der Waals surface area (Å²) in [7, 11) is 3.33. The van der Waals surface area contributed by atoms with Crippen molar-refractivity contribution in [3.8, 4) is 17.1 Å². The van der Waals surface area contributed by atoms with Crippen LogP contribution in [0.2, 0.25) is 0 Å². The highest BCUT2D eigenvalue weighted by atomic mass is 79.9. The molecule has 0 aliphatic carbocycles. The molecular formula is C17H15BrN2O3S. The van der Waals surface area contributed by atoms with E-state index in [4.69, 9.17) is 9.26 Å². The zero-order valence-electron chi connectivity index (χ0n) is 13.2. The highest BCUT2D eigenvalue weighted by Crippen LogP contribution is 2.30. The van der Waals surface area contributed by atoms with Gasteiger partial charge in [-0.05, 0) is 40.2 Å². The Balaban J connectivity index is 1.78. The Hall–Kier alpha value is -2.12. The number of hydrogen-bond donors (Lipinski definition) is 0. The highest BCUT2D eigenvalue weighted by molar-refractivity contribution is 9.11. The van der Waals surface area contributed by atoms with Gasteiger partial charge < -0.3 is 14.2 Å². The van der Waals surface area contributed by atoms with Crippen molar-refractivity contribution in [2.45, 2.75) is 6.54 Å². The molecule has 0 unspecified atom stereocenters. The van der Waals surface area contributed by atoms with E-state index in [9.17, 15) is 4.79 Å². The van der Waals surface area contributed by atoms with E-state index >= 15 is 0 Å². The predicted molar refractivity (Wildman–Crippen MR) is 96.3 cm³/mol. The Morgan fingerprint density at radius 3 is 2.83 bits per heavy atom. The number of amides is 1. The van der Waals surface area contributed by atoms with Crippen molar-refractivity contribution >= 4 is 33.2 Å². The Morgan fingerprint density at radius 1 is 1.33 bits per heavy atom. The number of aromatic nitrogens is 1. The van der Waals surface area contributed by atoms with Crippen LogP contribution in [0.25, 0.3) is 11.3 Å². The van der Waals surface area contributed by atoms with Crippen LogP contribution in [0.15, 0.2) is 50.8 Å². The molecule has 0 aliphatic rings. The molecule has 0 saturated carbocycles. The third kappa shape index (κ3) is 3.52. The van der Waals surface area contributed by atoms with Crippen molar-refractivity contribution in [1.29, 1.82) is 0 Å². The van der Waals surface area contributed by atoms with Crippen molar-refractivity contribution in [3.05, 3.63) is 56.8 Å². The lowest BCUT2D eigenvalue weighted by molar-refractivity contribution is 0.0776. The lowest BCUT2D eigenvalue weighted by Gasteiger charge is -2.13. The van der Waals surface area contributed by atoms with E-state index in [1.807, 2.05) is 36.4 Å². The van der Waals surface area contributed by atoms with Gasteiger partial charge in [0.1, 0.15) is 5.75 Å². The minimum absolute atomic E-state index is 0.190. The molecular weight excluding hydrogens is 392 g/mol.